The molecule has 0 bridgehead atoms. The van der Waals surface area contributed by atoms with Crippen LogP contribution in [-0.4, -0.2) is 77.6 Å². The molecule has 2 saturated carbocycles. The molecule has 0 unspecified atom stereocenters. The number of rotatable bonds is 8. The molecule has 2 aromatic carbocycles. The fourth-order valence-electron chi connectivity index (χ4n) is 5.70. The first-order chi connectivity index (χ1) is 17.8. The predicted molar refractivity (Wildman–Crippen MR) is 143 cm³/mol. The average molecular weight is 500 g/mol. The summed E-state index contributed by atoms with van der Waals surface area (Å²) < 4.78 is 0. The Kier molecular flexibility index (Phi) is 5.49. The van der Waals surface area contributed by atoms with Gasteiger partial charge in [-0.25, -0.2) is 0 Å². The van der Waals surface area contributed by atoms with E-state index >= 15 is 0 Å². The van der Waals surface area contributed by atoms with Crippen molar-refractivity contribution in [1.29, 1.82) is 5.41 Å². The van der Waals surface area contributed by atoms with Crippen LogP contribution in [0.15, 0.2) is 41.4 Å². The number of aliphatic hydroxyl groups excluding tert-OH is 1. The van der Waals surface area contributed by atoms with Crippen molar-refractivity contribution in [1.82, 2.24) is 9.80 Å². The van der Waals surface area contributed by atoms with E-state index < -0.39 is 11.0 Å². The summed E-state index contributed by atoms with van der Waals surface area (Å²) in [4.78, 5) is 34.7. The van der Waals surface area contributed by atoms with Gasteiger partial charge in [-0.1, -0.05) is 24.3 Å². The number of aliphatic hydroxyl groups is 1. The summed E-state index contributed by atoms with van der Waals surface area (Å²) in [5.41, 5.74) is 4.71. The Balaban J connectivity index is 1.21. The van der Waals surface area contributed by atoms with Crippen LogP contribution in [0.5, 0.6) is 0 Å². The Morgan fingerprint density at radius 3 is 2.46 bits per heavy atom. The predicted octanol–water partition coefficient (Wildman–Crippen LogP) is 3.05. The van der Waals surface area contributed by atoms with Crippen LogP contribution in [0.1, 0.15) is 42.4 Å². The molecule has 6 rings (SSSR count). The molecule has 8 heteroatoms. The highest BCUT2D eigenvalue weighted by Crippen LogP contribution is 2.49. The number of likely N-dealkylation sites (tertiary alicyclic amines) is 1. The van der Waals surface area contributed by atoms with E-state index in [0.29, 0.717) is 19.6 Å². The van der Waals surface area contributed by atoms with E-state index in [0.717, 1.165) is 65.0 Å². The second-order valence-corrected chi connectivity index (χ2v) is 11.1. The molecular formula is C29H33N5O3. The number of carbonyl (C=O) groups excluding carboxylic acids is 2. The summed E-state index contributed by atoms with van der Waals surface area (Å²) in [6.45, 7) is 3.79. The third kappa shape index (κ3) is 3.85. The van der Waals surface area contributed by atoms with E-state index in [1.54, 1.807) is 0 Å². The van der Waals surface area contributed by atoms with Crippen molar-refractivity contribution in [3.63, 3.8) is 0 Å². The van der Waals surface area contributed by atoms with Crippen LogP contribution in [0.2, 0.25) is 0 Å². The van der Waals surface area contributed by atoms with Crippen molar-refractivity contribution in [2.45, 2.75) is 38.1 Å². The summed E-state index contributed by atoms with van der Waals surface area (Å²) in [6.07, 6.45) is 4.48. The molecule has 0 aromatic heterocycles. The number of carbonyl (C=O) groups is 2. The van der Waals surface area contributed by atoms with Crippen molar-refractivity contribution < 1.29 is 14.7 Å². The van der Waals surface area contributed by atoms with Gasteiger partial charge in [0.1, 0.15) is 11.4 Å². The van der Waals surface area contributed by atoms with Gasteiger partial charge in [0.15, 0.2) is 0 Å². The van der Waals surface area contributed by atoms with Gasteiger partial charge in [0.05, 0.1) is 12.0 Å². The number of amides is 2. The molecule has 0 radical (unpaired) electrons. The van der Waals surface area contributed by atoms with Crippen molar-refractivity contribution in [3.8, 4) is 11.1 Å². The van der Waals surface area contributed by atoms with Crippen molar-refractivity contribution >= 4 is 29.6 Å². The summed E-state index contributed by atoms with van der Waals surface area (Å²) in [5.74, 6) is 1.11. The molecule has 2 aliphatic heterocycles. The van der Waals surface area contributed by atoms with E-state index in [-0.39, 0.29) is 24.3 Å². The van der Waals surface area contributed by atoms with Crippen LogP contribution in [0.3, 0.4) is 0 Å². The highest BCUT2D eigenvalue weighted by molar-refractivity contribution is 6.17. The second kappa shape index (κ2) is 8.52. The molecular weight excluding hydrogens is 466 g/mol. The van der Waals surface area contributed by atoms with Crippen molar-refractivity contribution in [3.05, 3.63) is 53.1 Å². The smallest absolute Gasteiger partial charge is 0.256 e. The highest BCUT2D eigenvalue weighted by Gasteiger charge is 2.58. The number of benzene rings is 2. The lowest BCUT2D eigenvalue weighted by atomic mass is 9.94. The molecule has 1 saturated heterocycles. The maximum Gasteiger partial charge on any atom is 0.256 e. The third-order valence-electron chi connectivity index (χ3n) is 8.51. The monoisotopic (exact) mass is 499 g/mol. The van der Waals surface area contributed by atoms with Gasteiger partial charge in [-0.15, -0.1) is 0 Å². The number of anilines is 1. The Morgan fingerprint density at radius 2 is 1.86 bits per heavy atom. The minimum absolute atomic E-state index is 0.0620. The lowest BCUT2D eigenvalue weighted by molar-refractivity contribution is -0.145. The summed E-state index contributed by atoms with van der Waals surface area (Å²) in [6, 6.07) is 12.3. The molecule has 8 nitrogen and oxygen atoms in total. The van der Waals surface area contributed by atoms with Gasteiger partial charge in [-0.2, -0.15) is 0 Å². The summed E-state index contributed by atoms with van der Waals surface area (Å²) >= 11 is 0. The van der Waals surface area contributed by atoms with Gasteiger partial charge < -0.3 is 20.7 Å². The Hall–Kier alpha value is -3.52. The molecule has 192 valence electrons. The van der Waals surface area contributed by atoms with Gasteiger partial charge >= 0.3 is 0 Å². The molecule has 1 spiro atoms. The van der Waals surface area contributed by atoms with Crippen LogP contribution < -0.4 is 5.32 Å². The lowest BCUT2D eigenvalue weighted by Crippen LogP contribution is -2.57. The number of amidine groups is 1. The Morgan fingerprint density at radius 1 is 1.16 bits per heavy atom. The molecule has 3 fully saturated rings. The number of hydrogen-bond acceptors (Lipinski definition) is 6. The largest absolute Gasteiger partial charge is 0.395 e. The molecule has 2 amide bonds. The van der Waals surface area contributed by atoms with E-state index in [4.69, 9.17) is 10.4 Å². The highest BCUT2D eigenvalue weighted by atomic mass is 16.3. The average Bonchev–Trinajstić information content (AvgIpc) is 3.81. The number of nitrogens with zero attached hydrogens (tertiary/aromatic N) is 3. The van der Waals surface area contributed by atoms with Gasteiger partial charge in [-0.05, 0) is 61.4 Å². The molecule has 3 N–H and O–H groups in total. The van der Waals surface area contributed by atoms with Crippen LogP contribution in [0.25, 0.3) is 11.1 Å². The standard InChI is InChI=1S/C29H33N5O3/c1-18-11-20(21-4-6-24(31-2)22(12-21)13-30)3-5-23(18)25-32-29(9-10-29)27(37)34(25)16-19-14-33(15-19)26(36)28(17-35)7-8-28/h3-6,11-13,19,30-31,35H,7-10,14-17H2,1-2H3. The van der Waals surface area contributed by atoms with E-state index in [1.165, 1.54) is 6.21 Å². The number of aryl methyl sites for hydroxylation is 1. The zero-order chi connectivity index (χ0) is 25.9. The third-order valence-corrected chi connectivity index (χ3v) is 8.51. The minimum Gasteiger partial charge on any atom is -0.395 e. The molecule has 0 atom stereocenters. The van der Waals surface area contributed by atoms with Crippen molar-refractivity contribution in [2.75, 3.05) is 38.6 Å². The lowest BCUT2D eigenvalue weighted by Gasteiger charge is -2.42. The van der Waals surface area contributed by atoms with Gasteiger partial charge in [0.25, 0.3) is 5.91 Å². The van der Waals surface area contributed by atoms with Crippen molar-refractivity contribution in [2.24, 2.45) is 16.3 Å². The normalized spacial score (nSPS) is 21.1. The Bertz CT molecular complexity index is 1340. The molecule has 2 aromatic rings. The number of nitrogens with one attached hydrogen (secondary N) is 2. The summed E-state index contributed by atoms with van der Waals surface area (Å²) in [5, 5.41) is 20.4. The Labute approximate surface area is 216 Å². The summed E-state index contributed by atoms with van der Waals surface area (Å²) in [7, 11) is 1.85. The molecule has 37 heavy (non-hydrogen) atoms. The van der Waals surface area contributed by atoms with Gasteiger partial charge in [0, 0.05) is 55.6 Å². The zero-order valence-corrected chi connectivity index (χ0v) is 21.4. The minimum atomic E-state index is -0.587. The molecule has 2 heterocycles. The second-order valence-electron chi connectivity index (χ2n) is 11.1. The number of aliphatic imine (C=N–C) groups is 1. The zero-order valence-electron chi connectivity index (χ0n) is 21.4. The van der Waals surface area contributed by atoms with Gasteiger partial charge in [-0.3, -0.25) is 19.5 Å². The van der Waals surface area contributed by atoms with E-state index in [1.807, 2.05) is 35.0 Å². The first-order valence-corrected chi connectivity index (χ1v) is 13.1. The fourth-order valence-corrected chi connectivity index (χ4v) is 5.70. The van der Waals surface area contributed by atoms with Gasteiger partial charge in [0.2, 0.25) is 5.91 Å². The van der Waals surface area contributed by atoms with Crippen LogP contribution in [0.4, 0.5) is 5.69 Å². The van der Waals surface area contributed by atoms with Crippen LogP contribution in [0, 0.1) is 23.7 Å². The quantitative estimate of drug-likeness (QED) is 0.485. The molecule has 4 aliphatic rings. The maximum absolute atomic E-state index is 13.4. The maximum atomic E-state index is 13.4. The SMILES string of the molecule is CNc1ccc(-c2ccc(C3=NC4(CC4)C(=O)N3CC3CN(C(=O)C4(CO)CC4)C3)c(C)c2)cc1C=N. The van der Waals surface area contributed by atoms with Crippen LogP contribution in [-0.2, 0) is 9.59 Å². The topological polar surface area (TPSA) is 109 Å². The van der Waals surface area contributed by atoms with E-state index in [9.17, 15) is 14.7 Å². The van der Waals surface area contributed by atoms with E-state index in [2.05, 4.69) is 30.4 Å². The number of hydrogen-bond donors (Lipinski definition) is 3. The fraction of sp³-hybridized carbons (Fsp3) is 0.448. The molecule has 2 aliphatic carbocycles. The van der Waals surface area contributed by atoms with Crippen LogP contribution >= 0.6 is 0 Å². The first kappa shape index (κ1) is 23.9. The first-order valence-electron chi connectivity index (χ1n) is 13.1.